The quantitative estimate of drug-likeness (QED) is 0.907. The number of nitrogens with zero attached hydrogens (tertiary/aromatic N) is 3. The van der Waals surface area contributed by atoms with Crippen LogP contribution in [0, 0.1) is 17.6 Å². The minimum absolute atomic E-state index is 0.0844. The second kappa shape index (κ2) is 5.77. The third-order valence-corrected chi connectivity index (χ3v) is 3.79. The Morgan fingerprint density at radius 3 is 3.05 bits per heavy atom. The van der Waals surface area contributed by atoms with E-state index in [4.69, 9.17) is 5.73 Å². The largest absolute Gasteiger partial charge is 0.339 e. The highest BCUT2D eigenvalue weighted by Crippen LogP contribution is 2.24. The highest BCUT2D eigenvalue weighted by atomic mass is 19.1. The molecule has 5 nitrogen and oxygen atoms in total. The SMILES string of the molecule is NCC1CCCN(c2n[nH]c(-c3cc(F)ccc3F)n2)C1. The molecule has 112 valence electrons. The van der Waals surface area contributed by atoms with E-state index in [1.807, 2.05) is 4.90 Å². The summed E-state index contributed by atoms with van der Waals surface area (Å²) in [5, 5.41) is 6.80. The molecule has 0 spiro atoms. The monoisotopic (exact) mass is 293 g/mol. The van der Waals surface area contributed by atoms with Gasteiger partial charge in [-0.05, 0) is 43.5 Å². The summed E-state index contributed by atoms with van der Waals surface area (Å²) in [5.74, 6) is 0.124. The maximum absolute atomic E-state index is 13.7. The lowest BCUT2D eigenvalue weighted by atomic mass is 9.99. The Hall–Kier alpha value is -2.02. The van der Waals surface area contributed by atoms with Crippen molar-refractivity contribution in [3.05, 3.63) is 29.8 Å². The average molecular weight is 293 g/mol. The number of nitrogens with one attached hydrogen (secondary N) is 1. The van der Waals surface area contributed by atoms with Crippen molar-refractivity contribution in [2.24, 2.45) is 11.7 Å². The van der Waals surface area contributed by atoms with Crippen molar-refractivity contribution in [3.8, 4) is 11.4 Å². The van der Waals surface area contributed by atoms with Crippen molar-refractivity contribution in [1.29, 1.82) is 0 Å². The molecule has 0 radical (unpaired) electrons. The Balaban J connectivity index is 1.84. The molecule has 0 amide bonds. The van der Waals surface area contributed by atoms with Gasteiger partial charge in [-0.2, -0.15) is 4.98 Å². The van der Waals surface area contributed by atoms with Crippen LogP contribution in [0.25, 0.3) is 11.4 Å². The summed E-state index contributed by atoms with van der Waals surface area (Å²) in [5.41, 5.74) is 5.79. The van der Waals surface area contributed by atoms with Gasteiger partial charge >= 0.3 is 0 Å². The van der Waals surface area contributed by atoms with Gasteiger partial charge in [0.2, 0.25) is 5.95 Å². The van der Waals surface area contributed by atoms with E-state index >= 15 is 0 Å². The fourth-order valence-corrected chi connectivity index (χ4v) is 2.63. The topological polar surface area (TPSA) is 70.8 Å². The third-order valence-electron chi connectivity index (χ3n) is 3.79. The first kappa shape index (κ1) is 13.9. The van der Waals surface area contributed by atoms with Crippen LogP contribution in [-0.2, 0) is 0 Å². The molecule has 7 heteroatoms. The summed E-state index contributed by atoms with van der Waals surface area (Å²) in [6.07, 6.45) is 2.13. The molecular weight excluding hydrogens is 276 g/mol. The third kappa shape index (κ3) is 2.87. The van der Waals surface area contributed by atoms with Crippen LogP contribution in [0.4, 0.5) is 14.7 Å². The molecule has 1 fully saturated rings. The van der Waals surface area contributed by atoms with E-state index in [1.54, 1.807) is 0 Å². The van der Waals surface area contributed by atoms with Gasteiger partial charge in [0.25, 0.3) is 0 Å². The van der Waals surface area contributed by atoms with E-state index in [0.717, 1.165) is 44.1 Å². The predicted molar refractivity (Wildman–Crippen MR) is 75.7 cm³/mol. The maximum Gasteiger partial charge on any atom is 0.245 e. The van der Waals surface area contributed by atoms with E-state index in [-0.39, 0.29) is 11.4 Å². The predicted octanol–water partition coefficient (Wildman–Crippen LogP) is 1.93. The van der Waals surface area contributed by atoms with Gasteiger partial charge in [0, 0.05) is 13.1 Å². The number of hydrogen-bond donors (Lipinski definition) is 2. The second-order valence-corrected chi connectivity index (χ2v) is 5.30. The van der Waals surface area contributed by atoms with Crippen molar-refractivity contribution in [2.75, 3.05) is 24.5 Å². The lowest BCUT2D eigenvalue weighted by Gasteiger charge is -2.31. The molecule has 1 aromatic carbocycles. The van der Waals surface area contributed by atoms with Crippen molar-refractivity contribution in [2.45, 2.75) is 12.8 Å². The second-order valence-electron chi connectivity index (χ2n) is 5.30. The first-order valence-electron chi connectivity index (χ1n) is 7.00. The molecule has 1 atom stereocenters. The fraction of sp³-hybridized carbons (Fsp3) is 0.429. The number of nitrogens with two attached hydrogens (primary N) is 1. The normalized spacial score (nSPS) is 19.0. The van der Waals surface area contributed by atoms with Crippen LogP contribution >= 0.6 is 0 Å². The van der Waals surface area contributed by atoms with Crippen LogP contribution in [0.15, 0.2) is 18.2 Å². The van der Waals surface area contributed by atoms with Gasteiger partial charge < -0.3 is 10.6 Å². The van der Waals surface area contributed by atoms with Crippen LogP contribution in [-0.4, -0.2) is 34.8 Å². The zero-order chi connectivity index (χ0) is 14.8. The van der Waals surface area contributed by atoms with Crippen LogP contribution in [0.1, 0.15) is 12.8 Å². The van der Waals surface area contributed by atoms with E-state index in [9.17, 15) is 8.78 Å². The van der Waals surface area contributed by atoms with E-state index < -0.39 is 11.6 Å². The van der Waals surface area contributed by atoms with Crippen LogP contribution in [0.5, 0.6) is 0 Å². The molecule has 1 unspecified atom stereocenters. The lowest BCUT2D eigenvalue weighted by molar-refractivity contribution is 0.420. The lowest BCUT2D eigenvalue weighted by Crippen LogP contribution is -2.38. The smallest absolute Gasteiger partial charge is 0.245 e. The van der Waals surface area contributed by atoms with Gasteiger partial charge in [0.1, 0.15) is 11.6 Å². The zero-order valence-corrected chi connectivity index (χ0v) is 11.5. The Bertz CT molecular complexity index is 628. The summed E-state index contributed by atoms with van der Waals surface area (Å²) in [6, 6.07) is 3.27. The summed E-state index contributed by atoms with van der Waals surface area (Å²) in [7, 11) is 0. The van der Waals surface area contributed by atoms with Crippen molar-refractivity contribution >= 4 is 5.95 Å². The molecule has 0 saturated carbocycles. The van der Waals surface area contributed by atoms with Gasteiger partial charge in [-0.3, -0.25) is 5.10 Å². The molecule has 3 rings (SSSR count). The van der Waals surface area contributed by atoms with Crippen LogP contribution in [0.2, 0.25) is 0 Å². The number of rotatable bonds is 3. The number of H-pyrrole nitrogens is 1. The molecule has 3 N–H and O–H groups in total. The number of benzene rings is 1. The summed E-state index contributed by atoms with van der Waals surface area (Å²) < 4.78 is 27.0. The molecule has 2 heterocycles. The van der Waals surface area contributed by atoms with Gasteiger partial charge in [-0.25, -0.2) is 8.78 Å². The molecule has 1 aromatic heterocycles. The Morgan fingerprint density at radius 1 is 1.38 bits per heavy atom. The summed E-state index contributed by atoms with van der Waals surface area (Å²) >= 11 is 0. The number of halogens is 2. The van der Waals surface area contributed by atoms with Gasteiger partial charge in [0.05, 0.1) is 5.56 Å². The molecule has 2 aromatic rings. The standard InChI is InChI=1S/C14H17F2N5/c15-10-3-4-12(16)11(6-10)13-18-14(20-19-13)21-5-1-2-9(7-17)8-21/h3-4,6,9H,1-2,5,7-8,17H2,(H,18,19,20). The van der Waals surface area contributed by atoms with E-state index in [0.29, 0.717) is 18.4 Å². The summed E-state index contributed by atoms with van der Waals surface area (Å²) in [6.45, 7) is 2.27. The zero-order valence-electron chi connectivity index (χ0n) is 11.5. The summed E-state index contributed by atoms with van der Waals surface area (Å²) in [4.78, 5) is 6.31. The minimum Gasteiger partial charge on any atom is -0.339 e. The van der Waals surface area contributed by atoms with Crippen LogP contribution < -0.4 is 10.6 Å². The number of aromatic nitrogens is 3. The Morgan fingerprint density at radius 2 is 2.24 bits per heavy atom. The molecule has 0 bridgehead atoms. The molecule has 0 aliphatic carbocycles. The van der Waals surface area contributed by atoms with E-state index in [1.165, 1.54) is 0 Å². The number of aromatic amines is 1. The highest BCUT2D eigenvalue weighted by molar-refractivity contribution is 5.57. The minimum atomic E-state index is -0.530. The fourth-order valence-electron chi connectivity index (χ4n) is 2.63. The molecule has 1 aliphatic rings. The molecule has 1 saturated heterocycles. The first-order valence-corrected chi connectivity index (χ1v) is 7.00. The first-order chi connectivity index (χ1) is 10.2. The highest BCUT2D eigenvalue weighted by Gasteiger charge is 2.22. The molecule has 21 heavy (non-hydrogen) atoms. The molecule has 1 aliphatic heterocycles. The van der Waals surface area contributed by atoms with Gasteiger partial charge in [-0.1, -0.05) is 0 Å². The number of piperidine rings is 1. The van der Waals surface area contributed by atoms with E-state index in [2.05, 4.69) is 15.2 Å². The van der Waals surface area contributed by atoms with Gasteiger partial charge in [-0.15, -0.1) is 5.10 Å². The molecular formula is C14H17F2N5. The van der Waals surface area contributed by atoms with Crippen molar-refractivity contribution in [3.63, 3.8) is 0 Å². The van der Waals surface area contributed by atoms with Crippen LogP contribution in [0.3, 0.4) is 0 Å². The van der Waals surface area contributed by atoms with Crippen molar-refractivity contribution in [1.82, 2.24) is 15.2 Å². The Labute approximate surface area is 121 Å². The Kier molecular flexibility index (Phi) is 3.83. The average Bonchev–Trinajstić information content (AvgIpc) is 2.99. The number of hydrogen-bond acceptors (Lipinski definition) is 4. The van der Waals surface area contributed by atoms with Gasteiger partial charge in [0.15, 0.2) is 5.82 Å². The van der Waals surface area contributed by atoms with Crippen molar-refractivity contribution < 1.29 is 8.78 Å². The maximum atomic E-state index is 13.7. The number of anilines is 1.